The first-order valence-corrected chi connectivity index (χ1v) is 7.37. The molecule has 0 radical (unpaired) electrons. The molecule has 0 fully saturated rings. The van der Waals surface area contributed by atoms with Crippen molar-refractivity contribution in [1.29, 1.82) is 0 Å². The van der Waals surface area contributed by atoms with Crippen LogP contribution in [0.5, 0.6) is 5.75 Å². The zero-order valence-corrected chi connectivity index (χ0v) is 13.3. The van der Waals surface area contributed by atoms with Crippen molar-refractivity contribution in [3.63, 3.8) is 0 Å². The Bertz CT molecular complexity index is 400. The number of hydrogen-bond donors (Lipinski definition) is 1. The molecule has 108 valence electrons. The molecule has 2 nitrogen and oxygen atoms in total. The van der Waals surface area contributed by atoms with Gasteiger partial charge in [0.05, 0.1) is 7.11 Å². The van der Waals surface area contributed by atoms with E-state index < -0.39 is 0 Å². The maximum absolute atomic E-state index is 5.39. The predicted molar refractivity (Wildman–Crippen MR) is 83.2 cm³/mol. The van der Waals surface area contributed by atoms with Crippen molar-refractivity contribution in [2.45, 2.75) is 47.0 Å². The van der Waals surface area contributed by atoms with Gasteiger partial charge in [0.2, 0.25) is 0 Å². The number of nitrogens with one attached hydrogen (secondary N) is 1. The van der Waals surface area contributed by atoms with Gasteiger partial charge in [-0.15, -0.1) is 0 Å². The molecule has 2 atom stereocenters. The second-order valence-electron chi connectivity index (χ2n) is 5.65. The van der Waals surface area contributed by atoms with Gasteiger partial charge in [-0.1, -0.05) is 26.8 Å². The van der Waals surface area contributed by atoms with Crippen LogP contribution in [0.15, 0.2) is 12.1 Å². The fourth-order valence-corrected chi connectivity index (χ4v) is 2.51. The molecule has 2 unspecified atom stereocenters. The van der Waals surface area contributed by atoms with E-state index in [4.69, 9.17) is 4.74 Å². The first-order valence-electron chi connectivity index (χ1n) is 7.37. The van der Waals surface area contributed by atoms with Gasteiger partial charge in [0.1, 0.15) is 5.75 Å². The molecule has 1 N–H and O–H groups in total. The Balaban J connectivity index is 2.81. The second-order valence-corrected chi connectivity index (χ2v) is 5.65. The SMILES string of the molecule is CCCNCC(C)C(C)c1cc(C)c(OC)cc1C. The molecule has 0 spiro atoms. The number of ether oxygens (including phenoxy) is 1. The summed E-state index contributed by atoms with van der Waals surface area (Å²) in [6.45, 7) is 13.3. The fraction of sp³-hybridized carbons (Fsp3) is 0.647. The number of benzene rings is 1. The summed E-state index contributed by atoms with van der Waals surface area (Å²) in [6.07, 6.45) is 1.20. The van der Waals surface area contributed by atoms with Crippen molar-refractivity contribution in [3.05, 3.63) is 28.8 Å². The maximum Gasteiger partial charge on any atom is 0.122 e. The molecule has 1 rings (SSSR count). The minimum atomic E-state index is 0.564. The first-order chi connectivity index (χ1) is 9.01. The van der Waals surface area contributed by atoms with E-state index in [1.54, 1.807) is 7.11 Å². The van der Waals surface area contributed by atoms with Crippen molar-refractivity contribution in [2.75, 3.05) is 20.2 Å². The van der Waals surface area contributed by atoms with Crippen LogP contribution < -0.4 is 10.1 Å². The molecule has 0 saturated heterocycles. The van der Waals surface area contributed by atoms with Gasteiger partial charge >= 0.3 is 0 Å². The summed E-state index contributed by atoms with van der Waals surface area (Å²) in [7, 11) is 1.74. The number of hydrogen-bond acceptors (Lipinski definition) is 2. The first kappa shape index (κ1) is 16.0. The third-order valence-electron chi connectivity index (χ3n) is 4.02. The highest BCUT2D eigenvalue weighted by Gasteiger charge is 2.17. The second kappa shape index (κ2) is 7.54. The number of aryl methyl sites for hydroxylation is 2. The topological polar surface area (TPSA) is 21.3 Å². The Morgan fingerprint density at radius 2 is 1.84 bits per heavy atom. The van der Waals surface area contributed by atoms with Gasteiger partial charge in [0.15, 0.2) is 0 Å². The van der Waals surface area contributed by atoms with E-state index in [1.807, 2.05) is 0 Å². The molecular weight excluding hydrogens is 234 g/mol. The van der Waals surface area contributed by atoms with E-state index >= 15 is 0 Å². The van der Waals surface area contributed by atoms with Crippen LogP contribution in [0.1, 0.15) is 49.8 Å². The van der Waals surface area contributed by atoms with Gasteiger partial charge in [-0.25, -0.2) is 0 Å². The maximum atomic E-state index is 5.39. The van der Waals surface area contributed by atoms with Crippen LogP contribution in [0.3, 0.4) is 0 Å². The standard InChI is InChI=1S/C17H29NO/c1-7-8-18-11-14(4)15(5)16-9-13(3)17(19-6)10-12(16)2/h9-10,14-15,18H,7-8,11H2,1-6H3. The minimum Gasteiger partial charge on any atom is -0.496 e. The van der Waals surface area contributed by atoms with Gasteiger partial charge in [0, 0.05) is 0 Å². The molecule has 19 heavy (non-hydrogen) atoms. The molecule has 0 aliphatic heterocycles. The molecule has 0 aromatic heterocycles. The highest BCUT2D eigenvalue weighted by molar-refractivity contribution is 5.43. The fourth-order valence-electron chi connectivity index (χ4n) is 2.51. The molecule has 0 bridgehead atoms. The average Bonchev–Trinajstić information content (AvgIpc) is 2.40. The molecule has 1 aromatic carbocycles. The van der Waals surface area contributed by atoms with E-state index in [9.17, 15) is 0 Å². The van der Waals surface area contributed by atoms with Gasteiger partial charge < -0.3 is 10.1 Å². The van der Waals surface area contributed by atoms with Gasteiger partial charge in [0.25, 0.3) is 0 Å². The van der Waals surface area contributed by atoms with Gasteiger partial charge in [-0.05, 0) is 68.0 Å². The Morgan fingerprint density at radius 1 is 1.16 bits per heavy atom. The summed E-state index contributed by atoms with van der Waals surface area (Å²) >= 11 is 0. The minimum absolute atomic E-state index is 0.564. The van der Waals surface area contributed by atoms with Crippen molar-refractivity contribution < 1.29 is 4.74 Å². The predicted octanol–water partition coefficient (Wildman–Crippen LogP) is 4.05. The highest BCUT2D eigenvalue weighted by atomic mass is 16.5. The lowest BCUT2D eigenvalue weighted by atomic mass is 9.85. The van der Waals surface area contributed by atoms with E-state index in [1.165, 1.54) is 23.1 Å². The highest BCUT2D eigenvalue weighted by Crippen LogP contribution is 2.31. The van der Waals surface area contributed by atoms with Gasteiger partial charge in [-0.2, -0.15) is 0 Å². The number of methoxy groups -OCH3 is 1. The zero-order valence-electron chi connectivity index (χ0n) is 13.3. The normalized spacial score (nSPS) is 14.2. The largest absolute Gasteiger partial charge is 0.496 e. The lowest BCUT2D eigenvalue weighted by Gasteiger charge is -2.23. The Kier molecular flexibility index (Phi) is 6.36. The quantitative estimate of drug-likeness (QED) is 0.749. The van der Waals surface area contributed by atoms with E-state index in [0.29, 0.717) is 11.8 Å². The summed E-state index contributed by atoms with van der Waals surface area (Å²) in [4.78, 5) is 0. The summed E-state index contributed by atoms with van der Waals surface area (Å²) in [5.41, 5.74) is 4.00. The van der Waals surface area contributed by atoms with Crippen LogP contribution in [0.25, 0.3) is 0 Å². The van der Waals surface area contributed by atoms with Crippen LogP contribution in [0.2, 0.25) is 0 Å². The number of rotatable bonds is 7. The van der Waals surface area contributed by atoms with Crippen LogP contribution in [-0.4, -0.2) is 20.2 Å². The van der Waals surface area contributed by atoms with Crippen LogP contribution in [-0.2, 0) is 0 Å². The van der Waals surface area contributed by atoms with Crippen molar-refractivity contribution in [1.82, 2.24) is 5.32 Å². The molecule has 0 aliphatic rings. The van der Waals surface area contributed by atoms with E-state index in [0.717, 1.165) is 18.8 Å². The third kappa shape index (κ3) is 4.24. The van der Waals surface area contributed by atoms with Crippen molar-refractivity contribution in [3.8, 4) is 5.75 Å². The van der Waals surface area contributed by atoms with Crippen LogP contribution in [0, 0.1) is 19.8 Å². The van der Waals surface area contributed by atoms with Crippen LogP contribution in [0.4, 0.5) is 0 Å². The van der Waals surface area contributed by atoms with E-state index in [-0.39, 0.29) is 0 Å². The summed E-state index contributed by atoms with van der Waals surface area (Å²) < 4.78 is 5.39. The lowest BCUT2D eigenvalue weighted by molar-refractivity contribution is 0.409. The Labute approximate surface area is 118 Å². The van der Waals surface area contributed by atoms with E-state index in [2.05, 4.69) is 52.1 Å². The zero-order chi connectivity index (χ0) is 14.4. The molecule has 0 amide bonds. The molecule has 2 heteroatoms. The Hall–Kier alpha value is -1.02. The Morgan fingerprint density at radius 3 is 2.42 bits per heavy atom. The molecule has 0 saturated carbocycles. The molecule has 0 heterocycles. The van der Waals surface area contributed by atoms with Gasteiger partial charge in [-0.3, -0.25) is 0 Å². The smallest absolute Gasteiger partial charge is 0.122 e. The molecule has 1 aromatic rings. The monoisotopic (exact) mass is 263 g/mol. The summed E-state index contributed by atoms with van der Waals surface area (Å²) in [5, 5.41) is 3.52. The summed E-state index contributed by atoms with van der Waals surface area (Å²) in [6, 6.07) is 4.45. The molecule has 0 aliphatic carbocycles. The van der Waals surface area contributed by atoms with Crippen LogP contribution >= 0.6 is 0 Å². The average molecular weight is 263 g/mol. The summed E-state index contributed by atoms with van der Waals surface area (Å²) in [5.74, 6) is 2.19. The molecular formula is C17H29NO. The third-order valence-corrected chi connectivity index (χ3v) is 4.02. The van der Waals surface area contributed by atoms with Crippen molar-refractivity contribution >= 4 is 0 Å². The van der Waals surface area contributed by atoms with Crippen molar-refractivity contribution in [2.24, 2.45) is 5.92 Å². The lowest BCUT2D eigenvalue weighted by Crippen LogP contribution is -2.25.